The van der Waals surface area contributed by atoms with Crippen molar-refractivity contribution in [3.8, 4) is 0 Å². The van der Waals surface area contributed by atoms with Crippen molar-refractivity contribution in [2.24, 2.45) is 105 Å². The molecular formula is C125H259N19O. The average Bonchev–Trinajstić information content (AvgIpc) is 1.79. The first-order valence-electron chi connectivity index (χ1n) is 54.8. The van der Waals surface area contributed by atoms with Crippen LogP contribution in [0.4, 0.5) is 0 Å². The fourth-order valence-electron chi connectivity index (χ4n) is 4.72. The predicted molar refractivity (Wildman–Crippen MR) is 676 cm³/mol. The van der Waals surface area contributed by atoms with E-state index in [0.717, 1.165) is 51.4 Å². The predicted octanol–water partition coefficient (Wildman–Crippen LogP) is 41.7. The van der Waals surface area contributed by atoms with Crippen LogP contribution in [0.2, 0.25) is 0 Å². The number of aliphatic imine (C=N–C) groups is 6. The highest BCUT2D eigenvalue weighted by molar-refractivity contribution is 6.17. The zero-order chi connectivity index (χ0) is 120. The molecule has 7 aliphatic rings. The standard InChI is InChI=1S/C8H12N2.2C7H12N2.C5H5N.9C5H12.2C4H4N2.2C4H5N.C4H8O.3C3H4N2.12C2H6/c1-8(2,3)7-6-9-4-5-10-7;1-7(2,3)9-5-4-8-6-9;1-7(2,3)6-4-5-8-9-6;1-2-4-6-5-3-1;9*1-5(2,3)4;1-2-5-4-6-3-1;1-2-4-6-5-3-1;3*1-2-4-5-3-1;2*1-2-5-3-4-1;1-2-4-5-3-1;12*1-2/h4-6H,1-3H3;4-6H,1-3H3;5H,4H2,1-3H3;1-5H;9*1-4H3;2*1-4H;1,3-4H,2H2;1-3H,4H2;1-4H2;1,3H,2H2;2*1-2H,3H2;12*1-2H3. The van der Waals surface area contributed by atoms with E-state index in [1.54, 1.807) is 112 Å². The van der Waals surface area contributed by atoms with E-state index < -0.39 is 0 Å². The number of azo groups is 1. The number of imidazole rings is 1. The lowest BCUT2D eigenvalue weighted by atomic mass is 9.89. The van der Waals surface area contributed by atoms with Crippen LogP contribution in [0.1, 0.15) is 509 Å². The molecule has 12 rings (SSSR count). The Labute approximate surface area is 911 Å². The number of pyridine rings is 1. The summed E-state index contributed by atoms with van der Waals surface area (Å²) < 4.78 is 7.02. The highest BCUT2D eigenvalue weighted by atomic mass is 16.5. The fraction of sp³-hybridized carbons (Fsp3) is 0.728. The van der Waals surface area contributed by atoms with E-state index in [1.165, 1.54) is 24.9 Å². The minimum absolute atomic E-state index is 0.119. The molecular weight excluding hydrogens is 1780 g/mol. The summed E-state index contributed by atoms with van der Waals surface area (Å²) in [7, 11) is 0. The quantitative estimate of drug-likeness (QED) is 0.143. The van der Waals surface area contributed by atoms with Crippen LogP contribution in [-0.2, 0) is 15.7 Å². The van der Waals surface area contributed by atoms with Crippen LogP contribution in [0, 0.1) is 54.1 Å². The van der Waals surface area contributed by atoms with Gasteiger partial charge in [0.25, 0.3) is 0 Å². The SMILES string of the molecule is C1=CCN=C1.C1=CN=CC1.C1=CN=NC1.C1=NC=NC1.C1=NCN=C1.C1CCOC1.CC.CC.CC.CC.CC.CC.CC.CC.CC.CC.CC.CC.CC(C)(C)C.CC(C)(C)C.CC(C)(C)C.CC(C)(C)C.CC(C)(C)C.CC(C)(C)C.CC(C)(C)C.CC(C)(C)C.CC(C)(C)C.CC(C)(C)C1=NN=CC1.CC(C)(C)c1cnccn1.CC(C)(C)n1ccnc1.c1ccncc1.c1ccnnc1.c1cncnc1. The second-order valence-electron chi connectivity index (χ2n) is 45.3. The molecule has 0 radical (unpaired) electrons. The monoisotopic (exact) mass is 2040 g/mol. The Balaban J connectivity index is -0.0000000582. The van der Waals surface area contributed by atoms with E-state index in [4.69, 9.17) is 4.74 Å². The van der Waals surface area contributed by atoms with Gasteiger partial charge in [0.05, 0.1) is 37.4 Å². The maximum Gasteiger partial charge on any atom is 0.129 e. The van der Waals surface area contributed by atoms with Crippen molar-refractivity contribution in [1.29, 1.82) is 0 Å². The minimum Gasteiger partial charge on any atom is -0.381 e. The van der Waals surface area contributed by atoms with Crippen LogP contribution >= 0.6 is 0 Å². The van der Waals surface area contributed by atoms with Crippen LogP contribution in [-0.4, -0.2) is 134 Å². The number of aromatic nitrogens is 9. The topological polar surface area (TPSA) is 241 Å². The molecule has 0 spiro atoms. The molecule has 0 N–H and O–H groups in total. The van der Waals surface area contributed by atoms with Crippen molar-refractivity contribution >= 4 is 49.3 Å². The third-order valence-corrected chi connectivity index (χ3v) is 8.77. The van der Waals surface area contributed by atoms with Gasteiger partial charge in [0, 0.05) is 160 Å². The Hall–Kier alpha value is -8.26. The lowest BCUT2D eigenvalue weighted by Crippen LogP contribution is -2.19. The second-order valence-corrected chi connectivity index (χ2v) is 45.3. The molecule has 5 aromatic heterocycles. The van der Waals surface area contributed by atoms with Gasteiger partial charge in [-0.3, -0.25) is 39.9 Å². The van der Waals surface area contributed by atoms with Gasteiger partial charge in [-0.15, -0.1) is 0 Å². The minimum atomic E-state index is 0.119. The zero-order valence-corrected chi connectivity index (χ0v) is 110. The lowest BCUT2D eigenvalue weighted by Gasteiger charge is -2.19. The summed E-state index contributed by atoms with van der Waals surface area (Å²) in [5.74, 6) is 0. The molecule has 0 unspecified atom stereocenters. The first kappa shape index (κ1) is 188. The van der Waals surface area contributed by atoms with Gasteiger partial charge in [-0.25, -0.2) is 19.9 Å². The zero-order valence-electron chi connectivity index (χ0n) is 110. The Morgan fingerprint density at radius 2 is 0.676 bits per heavy atom. The molecule has 7 aliphatic heterocycles. The van der Waals surface area contributed by atoms with Crippen LogP contribution in [0.25, 0.3) is 0 Å². The van der Waals surface area contributed by atoms with E-state index in [-0.39, 0.29) is 16.4 Å². The van der Waals surface area contributed by atoms with E-state index in [2.05, 4.69) is 407 Å². The number of hydrogen-bond donors (Lipinski definition) is 0. The maximum atomic E-state index is 4.94. The number of ether oxygens (including phenoxy) is 1. The Morgan fingerprint density at radius 3 is 0.786 bits per heavy atom. The van der Waals surface area contributed by atoms with Crippen LogP contribution in [0.3, 0.4) is 0 Å². The molecule has 12 heterocycles. The molecule has 20 heteroatoms. The van der Waals surface area contributed by atoms with Crippen molar-refractivity contribution in [2.75, 3.05) is 39.5 Å². The Bertz CT molecular complexity index is 2800. The van der Waals surface area contributed by atoms with Crippen molar-refractivity contribution in [3.05, 3.63) is 160 Å². The van der Waals surface area contributed by atoms with Gasteiger partial charge in [-0.1, -0.05) is 475 Å². The summed E-state index contributed by atoms with van der Waals surface area (Å²) in [6, 6.07) is 11.1. The van der Waals surface area contributed by atoms with Crippen LogP contribution < -0.4 is 0 Å². The number of hydrogen-bond acceptors (Lipinski definition) is 19. The summed E-state index contributed by atoms with van der Waals surface area (Å²) in [4.78, 5) is 45.8. The van der Waals surface area contributed by atoms with Crippen LogP contribution in [0.5, 0.6) is 0 Å². The smallest absolute Gasteiger partial charge is 0.129 e. The third-order valence-electron chi connectivity index (χ3n) is 8.77. The number of rotatable bonds is 0. The number of nitrogens with zero attached hydrogens (tertiary/aromatic N) is 19. The Morgan fingerprint density at radius 1 is 0.303 bits per heavy atom. The van der Waals surface area contributed by atoms with Crippen molar-refractivity contribution in [1.82, 2.24) is 44.7 Å². The molecule has 145 heavy (non-hydrogen) atoms. The highest BCUT2D eigenvalue weighted by Gasteiger charge is 2.20. The molecule has 0 aliphatic carbocycles. The van der Waals surface area contributed by atoms with E-state index >= 15 is 0 Å². The van der Waals surface area contributed by atoms with Gasteiger partial charge in [0.1, 0.15) is 19.3 Å². The summed E-state index contributed by atoms with van der Waals surface area (Å²) in [6.45, 7) is 151. The average molecular weight is 2040 g/mol. The highest BCUT2D eigenvalue weighted by Crippen LogP contribution is 2.21. The van der Waals surface area contributed by atoms with E-state index in [1.807, 2.05) is 246 Å². The third kappa shape index (κ3) is 382. The van der Waals surface area contributed by atoms with Crippen molar-refractivity contribution in [3.63, 3.8) is 0 Å². The van der Waals surface area contributed by atoms with Crippen molar-refractivity contribution < 1.29 is 4.74 Å². The molecule has 0 bridgehead atoms. The van der Waals surface area contributed by atoms with E-state index in [9.17, 15) is 0 Å². The summed E-state index contributed by atoms with van der Waals surface area (Å²) in [6.07, 6.45) is 50.6. The van der Waals surface area contributed by atoms with Gasteiger partial charge < -0.3 is 9.30 Å². The first-order valence-corrected chi connectivity index (χ1v) is 54.8. The molecule has 0 saturated carbocycles. The molecule has 0 amide bonds. The molecule has 1 saturated heterocycles. The summed E-state index contributed by atoms with van der Waals surface area (Å²) in [5.41, 5.74) is 7.22. The first-order chi connectivity index (χ1) is 66.8. The largest absolute Gasteiger partial charge is 0.381 e. The van der Waals surface area contributed by atoms with Gasteiger partial charge in [-0.05, 0) is 125 Å². The summed E-state index contributed by atoms with van der Waals surface area (Å²) in [5, 5.41) is 22.0. The molecule has 0 atom stereocenters. The molecule has 860 valence electrons. The Kier molecular flexibility index (Phi) is 179. The van der Waals surface area contributed by atoms with Gasteiger partial charge in [0.15, 0.2) is 0 Å². The normalized spacial score (nSPS) is 11.7. The van der Waals surface area contributed by atoms with E-state index in [0.29, 0.717) is 55.4 Å². The van der Waals surface area contributed by atoms with Gasteiger partial charge >= 0.3 is 0 Å². The second kappa shape index (κ2) is 138. The molecule has 5 aromatic rings. The summed E-state index contributed by atoms with van der Waals surface area (Å²) >= 11 is 0. The molecule has 1 fully saturated rings. The van der Waals surface area contributed by atoms with Gasteiger partial charge in [-0.2, -0.15) is 30.6 Å². The molecule has 20 nitrogen and oxygen atoms in total. The fourth-order valence-corrected chi connectivity index (χ4v) is 4.72. The van der Waals surface area contributed by atoms with Gasteiger partial charge in [0.2, 0.25) is 0 Å². The molecule has 0 aromatic carbocycles. The van der Waals surface area contributed by atoms with Crippen molar-refractivity contribution in [2.45, 2.75) is 514 Å². The number of allylic oxidation sites excluding steroid dienone is 2. The maximum absolute atomic E-state index is 4.94. The lowest BCUT2D eigenvalue weighted by molar-refractivity contribution is 0.198. The van der Waals surface area contributed by atoms with Crippen LogP contribution in [0.15, 0.2) is 204 Å².